The largest absolute Gasteiger partial charge is 0.386 e. The van der Waals surface area contributed by atoms with Crippen LogP contribution in [0.4, 0.5) is 4.39 Å². The van der Waals surface area contributed by atoms with Gasteiger partial charge in [-0.05, 0) is 18.9 Å². The van der Waals surface area contributed by atoms with Crippen LogP contribution >= 0.6 is 0 Å². The Morgan fingerprint density at radius 3 is 2.40 bits per heavy atom. The second-order valence-electron chi connectivity index (χ2n) is 5.47. The normalized spacial score (nSPS) is 27.0. The molecule has 2 aliphatic rings. The summed E-state index contributed by atoms with van der Waals surface area (Å²) >= 11 is 0. The summed E-state index contributed by atoms with van der Waals surface area (Å²) in [6.45, 7) is -0.161. The smallest absolute Gasteiger partial charge is 0.233 e. The molecule has 2 fully saturated rings. The van der Waals surface area contributed by atoms with Gasteiger partial charge in [0.1, 0.15) is 5.82 Å². The van der Waals surface area contributed by atoms with Crippen LogP contribution in [0.15, 0.2) is 24.3 Å². The van der Waals surface area contributed by atoms with Gasteiger partial charge < -0.3 is 5.11 Å². The highest BCUT2D eigenvalue weighted by molar-refractivity contribution is 6.05. The van der Waals surface area contributed by atoms with E-state index in [1.54, 1.807) is 6.07 Å². The van der Waals surface area contributed by atoms with E-state index in [1.807, 2.05) is 0 Å². The van der Waals surface area contributed by atoms with Gasteiger partial charge in [-0.3, -0.25) is 14.5 Å². The lowest BCUT2D eigenvalue weighted by Crippen LogP contribution is -2.35. The Balaban J connectivity index is 1.77. The van der Waals surface area contributed by atoms with Gasteiger partial charge in [-0.15, -0.1) is 0 Å². The number of halogens is 1. The average molecular weight is 277 g/mol. The first-order valence-electron chi connectivity index (χ1n) is 6.87. The number of nitrogens with zero attached hydrogens (tertiary/aromatic N) is 1. The van der Waals surface area contributed by atoms with Crippen LogP contribution in [0.5, 0.6) is 0 Å². The fraction of sp³-hybridized carbons (Fsp3) is 0.467. The van der Waals surface area contributed by atoms with Crippen LogP contribution < -0.4 is 0 Å². The van der Waals surface area contributed by atoms with E-state index in [0.29, 0.717) is 0 Å². The zero-order valence-electron chi connectivity index (χ0n) is 11.0. The molecule has 3 atom stereocenters. The molecule has 2 amide bonds. The first-order chi connectivity index (χ1) is 9.59. The van der Waals surface area contributed by atoms with Crippen molar-refractivity contribution in [1.82, 2.24) is 4.90 Å². The summed E-state index contributed by atoms with van der Waals surface area (Å²) in [4.78, 5) is 25.4. The van der Waals surface area contributed by atoms with Crippen LogP contribution in [0.25, 0.3) is 0 Å². The third-order valence-corrected chi connectivity index (χ3v) is 4.30. The van der Waals surface area contributed by atoms with Crippen molar-refractivity contribution in [1.29, 1.82) is 0 Å². The molecule has 1 heterocycles. The molecule has 20 heavy (non-hydrogen) atoms. The summed E-state index contributed by atoms with van der Waals surface area (Å²) in [6, 6.07) is 5.86. The zero-order chi connectivity index (χ0) is 14.3. The zero-order valence-corrected chi connectivity index (χ0v) is 11.0. The second-order valence-corrected chi connectivity index (χ2v) is 5.47. The molecule has 1 aromatic carbocycles. The van der Waals surface area contributed by atoms with Crippen LogP contribution in [0, 0.1) is 17.7 Å². The van der Waals surface area contributed by atoms with Gasteiger partial charge in [-0.1, -0.05) is 24.6 Å². The molecule has 0 radical (unpaired) electrons. The molecule has 1 saturated carbocycles. The van der Waals surface area contributed by atoms with Crippen molar-refractivity contribution in [2.24, 2.45) is 11.8 Å². The van der Waals surface area contributed by atoms with Crippen molar-refractivity contribution in [2.45, 2.75) is 25.4 Å². The number of amides is 2. The molecular weight excluding hydrogens is 261 g/mol. The maximum Gasteiger partial charge on any atom is 0.233 e. The molecule has 1 N–H and O–H groups in total. The fourth-order valence-electron chi connectivity index (χ4n) is 3.26. The number of hydrogen-bond donors (Lipinski definition) is 1. The Bertz CT molecular complexity index is 538. The van der Waals surface area contributed by atoms with E-state index in [4.69, 9.17) is 0 Å². The van der Waals surface area contributed by atoms with Crippen molar-refractivity contribution in [3.8, 4) is 0 Å². The van der Waals surface area contributed by atoms with Crippen molar-refractivity contribution in [2.75, 3.05) is 6.54 Å². The number of hydrogen-bond acceptors (Lipinski definition) is 3. The van der Waals surface area contributed by atoms with Crippen LogP contribution in [-0.2, 0) is 9.59 Å². The number of rotatable bonds is 3. The number of fused-ring (bicyclic) bond motifs is 1. The van der Waals surface area contributed by atoms with Gasteiger partial charge in [-0.25, -0.2) is 4.39 Å². The highest BCUT2D eigenvalue weighted by Gasteiger charge is 2.49. The molecule has 1 aliphatic carbocycles. The number of carbonyl (C=O) groups excluding carboxylic acids is 2. The summed E-state index contributed by atoms with van der Waals surface area (Å²) in [5.41, 5.74) is 0.116. The Hall–Kier alpha value is -1.75. The number of benzene rings is 1. The molecule has 1 saturated heterocycles. The van der Waals surface area contributed by atoms with E-state index < -0.39 is 11.9 Å². The van der Waals surface area contributed by atoms with Gasteiger partial charge in [0.2, 0.25) is 11.8 Å². The van der Waals surface area contributed by atoms with Gasteiger partial charge in [-0.2, -0.15) is 0 Å². The van der Waals surface area contributed by atoms with E-state index in [0.717, 1.165) is 24.2 Å². The SMILES string of the molecule is O=C1C2CCCC2C(=O)N1CC(O)c1ccccc1F. The van der Waals surface area contributed by atoms with Crippen molar-refractivity contribution >= 4 is 11.8 Å². The van der Waals surface area contributed by atoms with E-state index >= 15 is 0 Å². The summed E-state index contributed by atoms with van der Waals surface area (Å²) in [6.07, 6.45) is 1.20. The lowest BCUT2D eigenvalue weighted by atomic mass is 10.00. The first-order valence-corrected chi connectivity index (χ1v) is 6.87. The van der Waals surface area contributed by atoms with Crippen molar-refractivity contribution in [3.05, 3.63) is 35.6 Å². The van der Waals surface area contributed by atoms with Crippen molar-refractivity contribution < 1.29 is 19.1 Å². The lowest BCUT2D eigenvalue weighted by molar-refractivity contribution is -0.142. The van der Waals surface area contributed by atoms with E-state index in [1.165, 1.54) is 18.2 Å². The Kier molecular flexibility index (Phi) is 3.30. The second kappa shape index (κ2) is 4.98. The number of β-amino-alcohol motifs (C(OH)–C–C–N with tert-alkyl or cyclic N) is 1. The quantitative estimate of drug-likeness (QED) is 0.855. The van der Waals surface area contributed by atoms with Gasteiger partial charge >= 0.3 is 0 Å². The average Bonchev–Trinajstić information content (AvgIpc) is 2.99. The Morgan fingerprint density at radius 1 is 1.20 bits per heavy atom. The standard InChI is InChI=1S/C15H16FNO3/c16-12-7-2-1-4-11(12)13(18)8-17-14(19)9-5-3-6-10(9)15(17)20/h1-2,4,7,9-10,13,18H,3,5-6,8H2. The highest BCUT2D eigenvalue weighted by Crippen LogP contribution is 2.40. The molecular formula is C15H16FNO3. The molecule has 5 heteroatoms. The van der Waals surface area contributed by atoms with E-state index in [9.17, 15) is 19.1 Å². The molecule has 106 valence electrons. The van der Waals surface area contributed by atoms with Gasteiger partial charge in [0.05, 0.1) is 24.5 Å². The molecule has 0 spiro atoms. The minimum atomic E-state index is -1.18. The monoisotopic (exact) mass is 277 g/mol. The lowest BCUT2D eigenvalue weighted by Gasteiger charge is -2.20. The Labute approximate surface area is 116 Å². The van der Waals surface area contributed by atoms with Crippen LogP contribution in [0.1, 0.15) is 30.9 Å². The maximum atomic E-state index is 13.6. The number of aliphatic hydroxyl groups is 1. The van der Waals surface area contributed by atoms with Gasteiger partial charge in [0.15, 0.2) is 0 Å². The third-order valence-electron chi connectivity index (χ3n) is 4.30. The minimum absolute atomic E-state index is 0.116. The minimum Gasteiger partial charge on any atom is -0.386 e. The molecule has 1 aliphatic heterocycles. The number of imide groups is 1. The topological polar surface area (TPSA) is 57.6 Å². The number of carbonyl (C=O) groups is 2. The van der Waals surface area contributed by atoms with Crippen LogP contribution in [0.3, 0.4) is 0 Å². The molecule has 4 nitrogen and oxygen atoms in total. The molecule has 3 rings (SSSR count). The summed E-state index contributed by atoms with van der Waals surface area (Å²) < 4.78 is 13.6. The van der Waals surface area contributed by atoms with Crippen LogP contribution in [-0.4, -0.2) is 28.4 Å². The van der Waals surface area contributed by atoms with E-state index in [-0.39, 0.29) is 35.8 Å². The summed E-state index contributed by atoms with van der Waals surface area (Å²) in [5, 5.41) is 10.1. The predicted molar refractivity (Wildman–Crippen MR) is 68.9 cm³/mol. The first kappa shape index (κ1) is 13.2. The van der Waals surface area contributed by atoms with Gasteiger partial charge in [0.25, 0.3) is 0 Å². The van der Waals surface area contributed by atoms with Crippen LogP contribution in [0.2, 0.25) is 0 Å². The summed E-state index contributed by atoms with van der Waals surface area (Å²) in [7, 11) is 0. The highest BCUT2D eigenvalue weighted by atomic mass is 19.1. The number of aliphatic hydroxyl groups excluding tert-OH is 1. The maximum absolute atomic E-state index is 13.6. The molecule has 0 aromatic heterocycles. The third kappa shape index (κ3) is 2.02. The number of likely N-dealkylation sites (tertiary alicyclic amines) is 1. The van der Waals surface area contributed by atoms with Crippen molar-refractivity contribution in [3.63, 3.8) is 0 Å². The van der Waals surface area contributed by atoms with E-state index in [2.05, 4.69) is 0 Å². The predicted octanol–water partition coefficient (Wildman–Crippen LogP) is 1.64. The Morgan fingerprint density at radius 2 is 1.80 bits per heavy atom. The molecule has 3 unspecified atom stereocenters. The molecule has 0 bridgehead atoms. The fourth-order valence-corrected chi connectivity index (χ4v) is 3.26. The van der Waals surface area contributed by atoms with Gasteiger partial charge in [0, 0.05) is 5.56 Å². The molecule has 1 aromatic rings. The summed E-state index contributed by atoms with van der Waals surface area (Å²) in [5.74, 6) is -1.41.